The van der Waals surface area contributed by atoms with Crippen molar-refractivity contribution in [2.45, 2.75) is 44.4 Å². The van der Waals surface area contributed by atoms with E-state index in [9.17, 15) is 4.79 Å². The van der Waals surface area contributed by atoms with Crippen molar-refractivity contribution in [3.05, 3.63) is 60.2 Å². The minimum absolute atomic E-state index is 0.0136. The first-order chi connectivity index (χ1) is 14.7. The molecule has 0 unspecified atom stereocenters. The van der Waals surface area contributed by atoms with Crippen molar-refractivity contribution >= 4 is 39.7 Å². The standard InChI is InChI=1S/C23H25N5OS/c1-3-28-19-12-8-7-11-18(19)21-22(28)25-23(27-26-21)30-15-20(29)24-16(2)13-14-17-9-5-4-6-10-17/h4-12,16H,3,13-15H2,1-2H3,(H,24,29)/t16-/m1/s1. The van der Waals surface area contributed by atoms with Crippen LogP contribution in [0.25, 0.3) is 22.1 Å². The van der Waals surface area contributed by atoms with Crippen LogP contribution >= 0.6 is 11.8 Å². The number of nitrogens with zero attached hydrogens (tertiary/aromatic N) is 4. The Bertz CT molecular complexity index is 1160. The molecule has 154 valence electrons. The Labute approximate surface area is 180 Å². The largest absolute Gasteiger partial charge is 0.353 e. The number of aromatic nitrogens is 4. The topological polar surface area (TPSA) is 72.7 Å². The van der Waals surface area contributed by atoms with Gasteiger partial charge in [0.1, 0.15) is 5.52 Å². The Hall–Kier alpha value is -2.93. The molecule has 7 heteroatoms. The van der Waals surface area contributed by atoms with Crippen LogP contribution in [0.1, 0.15) is 25.8 Å². The highest BCUT2D eigenvalue weighted by Gasteiger charge is 2.15. The summed E-state index contributed by atoms with van der Waals surface area (Å²) in [5.74, 6) is 0.259. The molecule has 0 aliphatic rings. The number of aryl methyl sites for hydroxylation is 2. The summed E-state index contributed by atoms with van der Waals surface area (Å²) < 4.78 is 2.13. The van der Waals surface area contributed by atoms with E-state index in [0.29, 0.717) is 5.16 Å². The van der Waals surface area contributed by atoms with Crippen LogP contribution in [0.5, 0.6) is 0 Å². The minimum Gasteiger partial charge on any atom is -0.353 e. The van der Waals surface area contributed by atoms with Gasteiger partial charge in [-0.15, -0.1) is 10.2 Å². The van der Waals surface area contributed by atoms with Gasteiger partial charge in [-0.2, -0.15) is 0 Å². The Balaban J connectivity index is 1.37. The van der Waals surface area contributed by atoms with Gasteiger partial charge in [0.25, 0.3) is 0 Å². The van der Waals surface area contributed by atoms with Crippen LogP contribution in [-0.2, 0) is 17.8 Å². The second kappa shape index (κ2) is 9.26. The molecule has 0 spiro atoms. The lowest BCUT2D eigenvalue weighted by Crippen LogP contribution is -2.34. The van der Waals surface area contributed by atoms with Gasteiger partial charge in [-0.25, -0.2) is 4.98 Å². The van der Waals surface area contributed by atoms with Crippen LogP contribution in [-0.4, -0.2) is 37.5 Å². The normalized spacial score (nSPS) is 12.3. The number of para-hydroxylation sites is 1. The Morgan fingerprint density at radius 1 is 1.10 bits per heavy atom. The molecular weight excluding hydrogens is 394 g/mol. The van der Waals surface area contributed by atoms with Crippen LogP contribution in [0.3, 0.4) is 0 Å². The van der Waals surface area contributed by atoms with Crippen molar-refractivity contribution in [1.82, 2.24) is 25.1 Å². The second-order valence-electron chi connectivity index (χ2n) is 7.31. The maximum absolute atomic E-state index is 12.4. The Kier molecular flexibility index (Phi) is 6.28. The molecule has 4 rings (SSSR count). The average molecular weight is 420 g/mol. The Morgan fingerprint density at radius 2 is 1.87 bits per heavy atom. The number of hydrogen-bond donors (Lipinski definition) is 1. The fourth-order valence-electron chi connectivity index (χ4n) is 3.62. The lowest BCUT2D eigenvalue weighted by Gasteiger charge is -2.13. The van der Waals surface area contributed by atoms with Crippen molar-refractivity contribution in [1.29, 1.82) is 0 Å². The van der Waals surface area contributed by atoms with E-state index in [1.807, 2.05) is 43.3 Å². The number of fused-ring (bicyclic) bond motifs is 3. The molecule has 1 atom stereocenters. The van der Waals surface area contributed by atoms with Gasteiger partial charge in [-0.3, -0.25) is 4.79 Å². The molecule has 0 bridgehead atoms. The zero-order valence-corrected chi connectivity index (χ0v) is 18.0. The third kappa shape index (κ3) is 4.46. The van der Waals surface area contributed by atoms with Gasteiger partial charge < -0.3 is 9.88 Å². The van der Waals surface area contributed by atoms with E-state index in [1.165, 1.54) is 17.3 Å². The van der Waals surface area contributed by atoms with Gasteiger partial charge in [0.15, 0.2) is 5.65 Å². The van der Waals surface area contributed by atoms with E-state index in [1.54, 1.807) is 0 Å². The number of nitrogens with one attached hydrogen (secondary N) is 1. The first kappa shape index (κ1) is 20.3. The molecular formula is C23H25N5OS. The molecule has 1 N–H and O–H groups in total. The summed E-state index contributed by atoms with van der Waals surface area (Å²) in [5, 5.41) is 13.3. The van der Waals surface area contributed by atoms with Crippen molar-refractivity contribution in [2.75, 3.05) is 5.75 Å². The quantitative estimate of drug-likeness (QED) is 0.433. The van der Waals surface area contributed by atoms with Crippen LogP contribution < -0.4 is 5.32 Å². The summed E-state index contributed by atoms with van der Waals surface area (Å²) in [6, 6.07) is 18.5. The lowest BCUT2D eigenvalue weighted by molar-refractivity contribution is -0.119. The number of carbonyl (C=O) groups is 1. The first-order valence-electron chi connectivity index (χ1n) is 10.2. The van der Waals surface area contributed by atoms with Crippen LogP contribution in [0, 0.1) is 0 Å². The second-order valence-corrected chi connectivity index (χ2v) is 8.25. The van der Waals surface area contributed by atoms with Crippen LogP contribution in [0.2, 0.25) is 0 Å². The maximum Gasteiger partial charge on any atom is 0.230 e. The number of hydrogen-bond acceptors (Lipinski definition) is 5. The van der Waals surface area contributed by atoms with Crippen molar-refractivity contribution in [3.8, 4) is 0 Å². The van der Waals surface area contributed by atoms with Gasteiger partial charge in [0.2, 0.25) is 11.1 Å². The van der Waals surface area contributed by atoms with E-state index in [4.69, 9.17) is 0 Å². The minimum atomic E-state index is -0.0136. The Morgan fingerprint density at radius 3 is 2.67 bits per heavy atom. The molecule has 0 aliphatic carbocycles. The zero-order valence-electron chi connectivity index (χ0n) is 17.2. The van der Waals surface area contributed by atoms with Crippen molar-refractivity contribution < 1.29 is 4.79 Å². The molecule has 2 heterocycles. The first-order valence-corrected chi connectivity index (χ1v) is 11.2. The van der Waals surface area contributed by atoms with Gasteiger partial charge in [-0.1, -0.05) is 60.3 Å². The molecule has 0 saturated heterocycles. The molecule has 0 fully saturated rings. The van der Waals surface area contributed by atoms with Gasteiger partial charge >= 0.3 is 0 Å². The summed E-state index contributed by atoms with van der Waals surface area (Å²) in [6.45, 7) is 4.92. The fourth-order valence-corrected chi connectivity index (χ4v) is 4.21. The molecule has 0 saturated carbocycles. The summed E-state index contributed by atoms with van der Waals surface area (Å²) >= 11 is 1.32. The summed E-state index contributed by atoms with van der Waals surface area (Å²) in [6.07, 6.45) is 1.85. The van der Waals surface area contributed by atoms with E-state index < -0.39 is 0 Å². The molecule has 2 aromatic carbocycles. The van der Waals surface area contributed by atoms with Crippen LogP contribution in [0.4, 0.5) is 0 Å². The molecule has 1 amide bonds. The number of amides is 1. The average Bonchev–Trinajstić information content (AvgIpc) is 3.10. The number of benzene rings is 2. The van der Waals surface area contributed by atoms with Crippen molar-refractivity contribution in [3.63, 3.8) is 0 Å². The molecule has 6 nitrogen and oxygen atoms in total. The van der Waals surface area contributed by atoms with E-state index in [2.05, 4.69) is 50.2 Å². The van der Waals surface area contributed by atoms with Gasteiger partial charge in [0.05, 0.1) is 11.3 Å². The van der Waals surface area contributed by atoms with E-state index in [-0.39, 0.29) is 17.7 Å². The van der Waals surface area contributed by atoms with Gasteiger partial charge in [-0.05, 0) is 38.3 Å². The number of rotatable bonds is 8. The van der Waals surface area contributed by atoms with Crippen molar-refractivity contribution in [2.24, 2.45) is 0 Å². The predicted octanol–water partition coefficient (Wildman–Crippen LogP) is 4.23. The third-order valence-corrected chi connectivity index (χ3v) is 5.96. The molecule has 0 radical (unpaired) electrons. The van der Waals surface area contributed by atoms with E-state index >= 15 is 0 Å². The summed E-state index contributed by atoms with van der Waals surface area (Å²) in [7, 11) is 0. The summed E-state index contributed by atoms with van der Waals surface area (Å²) in [5.41, 5.74) is 4.00. The molecule has 4 aromatic rings. The fraction of sp³-hybridized carbons (Fsp3) is 0.304. The maximum atomic E-state index is 12.4. The van der Waals surface area contributed by atoms with Crippen LogP contribution in [0.15, 0.2) is 59.8 Å². The monoisotopic (exact) mass is 419 g/mol. The van der Waals surface area contributed by atoms with Gasteiger partial charge in [0, 0.05) is 18.0 Å². The molecule has 2 aromatic heterocycles. The predicted molar refractivity (Wildman–Crippen MR) is 122 cm³/mol. The number of thioether (sulfide) groups is 1. The highest BCUT2D eigenvalue weighted by atomic mass is 32.2. The zero-order chi connectivity index (χ0) is 20.9. The smallest absolute Gasteiger partial charge is 0.230 e. The highest BCUT2D eigenvalue weighted by molar-refractivity contribution is 7.99. The highest BCUT2D eigenvalue weighted by Crippen LogP contribution is 2.26. The SMILES string of the molecule is CCn1c2ccccc2c2nnc(SCC(=O)N[C@H](C)CCc3ccccc3)nc21. The van der Waals surface area contributed by atoms with E-state index in [0.717, 1.165) is 41.5 Å². The number of carbonyl (C=O) groups excluding carboxylic acids is 1. The third-order valence-electron chi connectivity index (χ3n) is 5.12. The molecule has 0 aliphatic heterocycles. The molecule has 30 heavy (non-hydrogen) atoms. The summed E-state index contributed by atoms with van der Waals surface area (Å²) in [4.78, 5) is 17.0. The lowest BCUT2D eigenvalue weighted by atomic mass is 10.1.